The predicted molar refractivity (Wildman–Crippen MR) is 71.9 cm³/mol. The van der Waals surface area contributed by atoms with Gasteiger partial charge in [0.15, 0.2) is 0 Å². The highest BCUT2D eigenvalue weighted by molar-refractivity contribution is 6.00. The van der Waals surface area contributed by atoms with Crippen molar-refractivity contribution >= 4 is 5.97 Å². The van der Waals surface area contributed by atoms with Crippen LogP contribution in [-0.2, 0) is 4.74 Å². The van der Waals surface area contributed by atoms with Gasteiger partial charge in [0.2, 0.25) is 0 Å². The van der Waals surface area contributed by atoms with Crippen molar-refractivity contribution in [1.82, 2.24) is 0 Å². The van der Waals surface area contributed by atoms with Gasteiger partial charge in [0.25, 0.3) is 0 Å². The number of esters is 1. The first-order valence-electron chi connectivity index (χ1n) is 6.31. The number of ether oxygens (including phenoxy) is 1. The summed E-state index contributed by atoms with van der Waals surface area (Å²) in [6, 6.07) is 13.0. The summed E-state index contributed by atoms with van der Waals surface area (Å²) in [4.78, 5) is 12.0. The Hall–Kier alpha value is -2.13. The maximum Gasteiger partial charge on any atom is 0.338 e. The highest BCUT2D eigenvalue weighted by Gasteiger charge is 2.30. The Balaban J connectivity index is 2.22. The summed E-state index contributed by atoms with van der Waals surface area (Å²) >= 11 is 0. The van der Waals surface area contributed by atoms with Crippen LogP contribution in [0.3, 0.4) is 0 Å². The van der Waals surface area contributed by atoms with Crippen molar-refractivity contribution in [2.45, 2.75) is 13.0 Å². The fourth-order valence-corrected chi connectivity index (χ4v) is 2.61. The van der Waals surface area contributed by atoms with Gasteiger partial charge in [-0.1, -0.05) is 36.4 Å². The predicted octanol–water partition coefficient (Wildman–Crippen LogP) is 2.93. The molecule has 0 saturated carbocycles. The number of aliphatic hydroxyl groups excluding tert-OH is 1. The van der Waals surface area contributed by atoms with Gasteiger partial charge in [-0.25, -0.2) is 4.79 Å². The Labute approximate surface area is 111 Å². The smallest absolute Gasteiger partial charge is 0.338 e. The first kappa shape index (κ1) is 11.9. The Morgan fingerprint density at radius 1 is 1.16 bits per heavy atom. The normalized spacial score (nSPS) is 15.8. The van der Waals surface area contributed by atoms with Crippen molar-refractivity contribution in [3.8, 4) is 11.1 Å². The summed E-state index contributed by atoms with van der Waals surface area (Å²) in [5.41, 5.74) is 3.84. The van der Waals surface area contributed by atoms with Gasteiger partial charge in [0, 0.05) is 5.56 Å². The lowest BCUT2D eigenvalue weighted by Crippen LogP contribution is -2.06. The van der Waals surface area contributed by atoms with Crippen LogP contribution in [0.25, 0.3) is 11.1 Å². The van der Waals surface area contributed by atoms with E-state index in [2.05, 4.69) is 0 Å². The molecule has 1 aliphatic carbocycles. The Bertz CT molecular complexity index is 646. The van der Waals surface area contributed by atoms with Crippen molar-refractivity contribution in [1.29, 1.82) is 0 Å². The van der Waals surface area contributed by atoms with E-state index in [1.165, 1.54) is 0 Å². The van der Waals surface area contributed by atoms with E-state index >= 15 is 0 Å². The number of carbonyl (C=O) groups excluding carboxylic acids is 1. The zero-order valence-corrected chi connectivity index (χ0v) is 10.6. The van der Waals surface area contributed by atoms with E-state index in [1.807, 2.05) is 30.3 Å². The first-order valence-corrected chi connectivity index (χ1v) is 6.31. The molecular formula is C16H14O3. The Kier molecular flexibility index (Phi) is 2.84. The van der Waals surface area contributed by atoms with Crippen LogP contribution in [-0.4, -0.2) is 17.7 Å². The average Bonchev–Trinajstić information content (AvgIpc) is 2.73. The second kappa shape index (κ2) is 4.52. The molecule has 0 saturated heterocycles. The van der Waals surface area contributed by atoms with Gasteiger partial charge >= 0.3 is 5.97 Å². The van der Waals surface area contributed by atoms with E-state index in [4.69, 9.17) is 4.74 Å². The lowest BCUT2D eigenvalue weighted by Gasteiger charge is -2.09. The van der Waals surface area contributed by atoms with Crippen LogP contribution in [0.5, 0.6) is 0 Å². The monoisotopic (exact) mass is 254 g/mol. The number of benzene rings is 2. The fourth-order valence-electron chi connectivity index (χ4n) is 2.61. The van der Waals surface area contributed by atoms with Gasteiger partial charge in [0.05, 0.1) is 12.2 Å². The second-order valence-electron chi connectivity index (χ2n) is 4.48. The van der Waals surface area contributed by atoms with E-state index in [-0.39, 0.29) is 5.97 Å². The molecule has 0 fully saturated rings. The minimum atomic E-state index is -0.666. The van der Waals surface area contributed by atoms with Crippen molar-refractivity contribution < 1.29 is 14.6 Å². The summed E-state index contributed by atoms with van der Waals surface area (Å²) < 4.78 is 5.08. The summed E-state index contributed by atoms with van der Waals surface area (Å²) in [6.07, 6.45) is -0.666. The fraction of sp³-hybridized carbons (Fsp3) is 0.188. The zero-order valence-electron chi connectivity index (χ0n) is 10.6. The molecule has 3 rings (SSSR count). The van der Waals surface area contributed by atoms with Crippen molar-refractivity contribution in [3.63, 3.8) is 0 Å². The number of carbonyl (C=O) groups is 1. The van der Waals surface area contributed by atoms with Crippen LogP contribution in [0.15, 0.2) is 42.5 Å². The van der Waals surface area contributed by atoms with Gasteiger partial charge in [-0.05, 0) is 29.7 Å². The molecule has 1 N–H and O–H groups in total. The van der Waals surface area contributed by atoms with Gasteiger partial charge in [-0.2, -0.15) is 0 Å². The number of rotatable bonds is 2. The van der Waals surface area contributed by atoms with Gasteiger partial charge < -0.3 is 9.84 Å². The largest absolute Gasteiger partial charge is 0.462 e. The quantitative estimate of drug-likeness (QED) is 0.838. The molecule has 1 aliphatic rings. The molecule has 0 spiro atoms. The van der Waals surface area contributed by atoms with Gasteiger partial charge in [0.1, 0.15) is 6.10 Å². The number of hydrogen-bond acceptors (Lipinski definition) is 3. The molecule has 0 aliphatic heterocycles. The maximum atomic E-state index is 12.0. The van der Waals surface area contributed by atoms with Crippen molar-refractivity contribution in [3.05, 3.63) is 59.2 Å². The molecule has 1 unspecified atom stereocenters. The third kappa shape index (κ3) is 1.74. The molecule has 0 heterocycles. The lowest BCUT2D eigenvalue weighted by atomic mass is 9.99. The SMILES string of the molecule is CCOC(=O)c1cccc2c1-c1ccccc1C2O. The molecule has 0 radical (unpaired) electrons. The zero-order chi connectivity index (χ0) is 13.4. The number of aliphatic hydroxyl groups is 1. The Morgan fingerprint density at radius 3 is 2.68 bits per heavy atom. The molecule has 96 valence electrons. The lowest BCUT2D eigenvalue weighted by molar-refractivity contribution is 0.0527. The summed E-state index contributed by atoms with van der Waals surface area (Å²) in [5, 5.41) is 10.3. The third-order valence-corrected chi connectivity index (χ3v) is 3.41. The molecule has 1 atom stereocenters. The van der Waals surface area contributed by atoms with Gasteiger partial charge in [-0.15, -0.1) is 0 Å². The molecule has 0 amide bonds. The van der Waals surface area contributed by atoms with Crippen molar-refractivity contribution in [2.24, 2.45) is 0 Å². The van der Waals surface area contributed by atoms with Crippen molar-refractivity contribution in [2.75, 3.05) is 6.61 Å². The molecule has 0 aromatic heterocycles. The average molecular weight is 254 g/mol. The van der Waals surface area contributed by atoms with Crippen LogP contribution < -0.4 is 0 Å². The van der Waals surface area contributed by atoms with Crippen LogP contribution in [0, 0.1) is 0 Å². The first-order chi connectivity index (χ1) is 9.24. The van der Waals surface area contributed by atoms with Crippen LogP contribution in [0.4, 0.5) is 0 Å². The standard InChI is InChI=1S/C16H14O3/c1-2-19-16(18)13-9-5-8-12-14(13)10-6-3-4-7-11(10)15(12)17/h3-9,15,17H,2H2,1H3. The summed E-state index contributed by atoms with van der Waals surface area (Å²) in [5.74, 6) is -0.344. The minimum Gasteiger partial charge on any atom is -0.462 e. The minimum absolute atomic E-state index is 0.340. The van der Waals surface area contributed by atoms with E-state index in [0.717, 1.165) is 22.3 Å². The molecule has 2 aromatic carbocycles. The molecule has 0 bridgehead atoms. The third-order valence-electron chi connectivity index (χ3n) is 3.41. The van der Waals surface area contributed by atoms with E-state index in [1.54, 1.807) is 19.1 Å². The molecule has 3 nitrogen and oxygen atoms in total. The highest BCUT2D eigenvalue weighted by atomic mass is 16.5. The van der Waals surface area contributed by atoms with Crippen LogP contribution in [0.1, 0.15) is 34.5 Å². The number of fused-ring (bicyclic) bond motifs is 3. The second-order valence-corrected chi connectivity index (χ2v) is 4.48. The molecule has 2 aromatic rings. The van der Waals surface area contributed by atoms with E-state index in [9.17, 15) is 9.90 Å². The number of hydrogen-bond donors (Lipinski definition) is 1. The molecular weight excluding hydrogens is 240 g/mol. The maximum absolute atomic E-state index is 12.0. The van der Waals surface area contributed by atoms with E-state index < -0.39 is 6.10 Å². The van der Waals surface area contributed by atoms with Crippen LogP contribution >= 0.6 is 0 Å². The summed E-state index contributed by atoms with van der Waals surface area (Å²) in [7, 11) is 0. The molecule has 3 heteroatoms. The Morgan fingerprint density at radius 2 is 1.89 bits per heavy atom. The molecule has 19 heavy (non-hydrogen) atoms. The topological polar surface area (TPSA) is 46.5 Å². The van der Waals surface area contributed by atoms with E-state index in [0.29, 0.717) is 12.2 Å². The van der Waals surface area contributed by atoms with Gasteiger partial charge in [-0.3, -0.25) is 0 Å². The highest BCUT2D eigenvalue weighted by Crippen LogP contribution is 2.44. The van der Waals surface area contributed by atoms with Crippen LogP contribution in [0.2, 0.25) is 0 Å². The summed E-state index contributed by atoms with van der Waals surface area (Å²) in [6.45, 7) is 2.12.